The van der Waals surface area contributed by atoms with Crippen molar-refractivity contribution in [2.24, 2.45) is 7.05 Å². The number of nitrogen functional groups attached to an aromatic ring is 1. The predicted molar refractivity (Wildman–Crippen MR) is 83.8 cm³/mol. The summed E-state index contributed by atoms with van der Waals surface area (Å²) in [7, 11) is 0.144. The van der Waals surface area contributed by atoms with Gasteiger partial charge >= 0.3 is 0 Å². The van der Waals surface area contributed by atoms with E-state index in [4.69, 9.17) is 10.2 Å². The largest absolute Gasteiger partial charge is 0.416 e. The van der Waals surface area contributed by atoms with E-state index in [1.165, 1.54) is 0 Å². The first-order chi connectivity index (χ1) is 8.37. The average molecular weight is 283 g/mol. The molecule has 0 saturated heterocycles. The van der Waals surface area contributed by atoms with Crippen LogP contribution < -0.4 is 5.73 Å². The molecular formula is C14H29N3OSi. The fourth-order valence-electron chi connectivity index (χ4n) is 1.46. The maximum absolute atomic E-state index is 6.31. The monoisotopic (exact) mass is 283 g/mol. The number of nitrogens with two attached hydrogens (primary N) is 1. The van der Waals surface area contributed by atoms with Crippen molar-refractivity contribution < 1.29 is 4.43 Å². The standard InChI is InChI=1S/C14H29N3OSi/c1-13(2,3)19(7,8)18-10-14(4,5)11-9-12(15)17(6)16-11/h9H,10,15H2,1-8H3. The van der Waals surface area contributed by atoms with Crippen molar-refractivity contribution in [3.05, 3.63) is 11.8 Å². The Balaban J connectivity index is 2.81. The molecule has 1 rings (SSSR count). The van der Waals surface area contributed by atoms with E-state index >= 15 is 0 Å². The Morgan fingerprint density at radius 2 is 1.79 bits per heavy atom. The summed E-state index contributed by atoms with van der Waals surface area (Å²) >= 11 is 0. The van der Waals surface area contributed by atoms with Gasteiger partial charge in [0.15, 0.2) is 8.32 Å². The average Bonchev–Trinajstić information content (AvgIpc) is 2.56. The van der Waals surface area contributed by atoms with Crippen LogP contribution in [0.1, 0.15) is 40.3 Å². The molecule has 0 spiro atoms. The Labute approximate surface area is 118 Å². The summed E-state index contributed by atoms with van der Waals surface area (Å²) in [5.74, 6) is 0.690. The number of anilines is 1. The number of hydrogen-bond acceptors (Lipinski definition) is 3. The molecule has 0 aliphatic heterocycles. The Hall–Kier alpha value is -0.813. The lowest BCUT2D eigenvalue weighted by molar-refractivity contribution is 0.216. The zero-order valence-corrected chi connectivity index (χ0v) is 14.7. The molecule has 1 heterocycles. The van der Waals surface area contributed by atoms with Crippen molar-refractivity contribution >= 4 is 14.1 Å². The minimum atomic E-state index is -1.72. The Bertz CT molecular complexity index is 425. The minimum absolute atomic E-state index is 0.120. The molecule has 2 N–H and O–H groups in total. The van der Waals surface area contributed by atoms with Crippen LogP contribution in [0.4, 0.5) is 5.82 Å². The van der Waals surface area contributed by atoms with E-state index in [1.807, 2.05) is 13.1 Å². The molecule has 0 aromatic carbocycles. The van der Waals surface area contributed by atoms with Crippen LogP contribution >= 0.6 is 0 Å². The number of aryl methyl sites for hydroxylation is 1. The van der Waals surface area contributed by atoms with Crippen molar-refractivity contribution in [3.8, 4) is 0 Å². The van der Waals surface area contributed by atoms with Gasteiger partial charge in [-0.3, -0.25) is 4.68 Å². The third kappa shape index (κ3) is 3.60. The molecule has 110 valence electrons. The summed E-state index contributed by atoms with van der Waals surface area (Å²) in [6, 6.07) is 1.94. The van der Waals surface area contributed by atoms with Crippen LogP contribution in [0.5, 0.6) is 0 Å². The summed E-state index contributed by atoms with van der Waals surface area (Å²) < 4.78 is 8.02. The highest BCUT2D eigenvalue weighted by molar-refractivity contribution is 6.74. The number of hydrogen-bond donors (Lipinski definition) is 1. The van der Waals surface area contributed by atoms with Crippen LogP contribution in [0.2, 0.25) is 18.1 Å². The summed E-state index contributed by atoms with van der Waals surface area (Å²) in [6.07, 6.45) is 0. The topological polar surface area (TPSA) is 53.1 Å². The van der Waals surface area contributed by atoms with Crippen LogP contribution in [-0.2, 0) is 16.9 Å². The Morgan fingerprint density at radius 3 is 2.16 bits per heavy atom. The van der Waals surface area contributed by atoms with Crippen molar-refractivity contribution in [1.29, 1.82) is 0 Å². The summed E-state index contributed by atoms with van der Waals surface area (Å²) in [5, 5.41) is 4.70. The van der Waals surface area contributed by atoms with Gasteiger partial charge in [-0.1, -0.05) is 34.6 Å². The van der Waals surface area contributed by atoms with Crippen molar-refractivity contribution in [3.63, 3.8) is 0 Å². The van der Waals surface area contributed by atoms with Crippen LogP contribution in [0.15, 0.2) is 6.07 Å². The molecule has 0 amide bonds. The molecule has 0 saturated carbocycles. The molecule has 1 aromatic heterocycles. The lowest BCUT2D eigenvalue weighted by Gasteiger charge is -2.38. The molecule has 0 aliphatic carbocycles. The fourth-order valence-corrected chi connectivity index (χ4v) is 2.62. The summed E-state index contributed by atoms with van der Waals surface area (Å²) in [5.41, 5.74) is 6.73. The Morgan fingerprint density at radius 1 is 1.26 bits per heavy atom. The van der Waals surface area contributed by atoms with Crippen LogP contribution in [0.25, 0.3) is 0 Å². The van der Waals surface area contributed by atoms with Crippen LogP contribution in [0, 0.1) is 0 Å². The highest BCUT2D eigenvalue weighted by Gasteiger charge is 2.39. The van der Waals surface area contributed by atoms with Gasteiger partial charge in [-0.05, 0) is 18.1 Å². The molecule has 4 nitrogen and oxygen atoms in total. The molecule has 0 bridgehead atoms. The van der Waals surface area contributed by atoms with Crippen LogP contribution in [0.3, 0.4) is 0 Å². The molecule has 0 radical (unpaired) electrons. The van der Waals surface area contributed by atoms with Gasteiger partial charge < -0.3 is 10.2 Å². The maximum Gasteiger partial charge on any atom is 0.192 e. The molecular weight excluding hydrogens is 254 g/mol. The number of nitrogens with zero attached hydrogens (tertiary/aromatic N) is 2. The molecule has 0 aliphatic rings. The van der Waals surface area contributed by atoms with Crippen LogP contribution in [-0.4, -0.2) is 24.7 Å². The van der Waals surface area contributed by atoms with Crippen molar-refractivity contribution in [2.75, 3.05) is 12.3 Å². The van der Waals surface area contributed by atoms with Gasteiger partial charge in [-0.25, -0.2) is 0 Å². The van der Waals surface area contributed by atoms with Gasteiger partial charge in [0.2, 0.25) is 0 Å². The molecule has 19 heavy (non-hydrogen) atoms. The van der Waals surface area contributed by atoms with Crippen molar-refractivity contribution in [1.82, 2.24) is 9.78 Å². The predicted octanol–water partition coefficient (Wildman–Crippen LogP) is 3.30. The first-order valence-electron chi connectivity index (χ1n) is 6.81. The van der Waals surface area contributed by atoms with E-state index in [-0.39, 0.29) is 10.5 Å². The van der Waals surface area contributed by atoms with E-state index in [2.05, 4.69) is 52.8 Å². The second kappa shape index (κ2) is 4.94. The summed E-state index contributed by atoms with van der Waals surface area (Å²) in [4.78, 5) is 0. The third-order valence-corrected chi connectivity index (χ3v) is 8.69. The quantitative estimate of drug-likeness (QED) is 0.863. The first-order valence-corrected chi connectivity index (χ1v) is 9.72. The van der Waals surface area contributed by atoms with E-state index < -0.39 is 8.32 Å². The second-order valence-corrected chi connectivity index (χ2v) is 12.3. The fraction of sp³-hybridized carbons (Fsp3) is 0.786. The number of aromatic nitrogens is 2. The highest BCUT2D eigenvalue weighted by atomic mass is 28.4. The molecule has 0 unspecified atom stereocenters. The van der Waals surface area contributed by atoms with Gasteiger partial charge in [-0.15, -0.1) is 0 Å². The Kier molecular flexibility index (Phi) is 4.22. The van der Waals surface area contributed by atoms with E-state index in [0.29, 0.717) is 12.4 Å². The van der Waals surface area contributed by atoms with Gasteiger partial charge in [-0.2, -0.15) is 5.10 Å². The first kappa shape index (κ1) is 16.2. The zero-order valence-electron chi connectivity index (χ0n) is 13.7. The molecule has 0 fully saturated rings. The molecule has 1 aromatic rings. The van der Waals surface area contributed by atoms with Gasteiger partial charge in [0, 0.05) is 25.1 Å². The zero-order chi connectivity index (χ0) is 15.1. The lowest BCUT2D eigenvalue weighted by Crippen LogP contribution is -2.44. The van der Waals surface area contributed by atoms with E-state index in [9.17, 15) is 0 Å². The SMILES string of the molecule is Cn1nc(C(C)(C)CO[Si](C)(C)C(C)(C)C)cc1N. The lowest BCUT2D eigenvalue weighted by atomic mass is 9.91. The van der Waals surface area contributed by atoms with Gasteiger partial charge in [0.05, 0.1) is 5.69 Å². The minimum Gasteiger partial charge on any atom is -0.416 e. The highest BCUT2D eigenvalue weighted by Crippen LogP contribution is 2.38. The van der Waals surface area contributed by atoms with E-state index in [1.54, 1.807) is 4.68 Å². The normalized spacial score (nSPS) is 13.9. The smallest absolute Gasteiger partial charge is 0.192 e. The van der Waals surface area contributed by atoms with E-state index in [0.717, 1.165) is 5.69 Å². The van der Waals surface area contributed by atoms with Crippen molar-refractivity contribution in [2.45, 2.75) is 58.2 Å². The third-order valence-electron chi connectivity index (χ3n) is 4.21. The van der Waals surface area contributed by atoms with Gasteiger partial charge in [0.1, 0.15) is 5.82 Å². The summed E-state index contributed by atoms with van der Waals surface area (Å²) in [6.45, 7) is 16.3. The van der Waals surface area contributed by atoms with Gasteiger partial charge in [0.25, 0.3) is 0 Å². The number of rotatable bonds is 4. The molecule has 5 heteroatoms. The maximum atomic E-state index is 6.31. The molecule has 0 atom stereocenters. The second-order valence-electron chi connectivity index (χ2n) is 7.51.